The van der Waals surface area contributed by atoms with Crippen LogP contribution in [0.3, 0.4) is 0 Å². The van der Waals surface area contributed by atoms with E-state index in [1.807, 2.05) is 5.32 Å². The van der Waals surface area contributed by atoms with Crippen molar-refractivity contribution in [1.82, 2.24) is 10.2 Å². The molecule has 0 unspecified atom stereocenters. The monoisotopic (exact) mass is 323 g/mol. The second-order valence-electron chi connectivity index (χ2n) is 4.15. The summed E-state index contributed by atoms with van der Waals surface area (Å²) in [5.74, 6) is -1.35. The Balaban J connectivity index is 2.34. The number of hydrogen-bond donors (Lipinski definition) is 2. The smallest absolute Gasteiger partial charge is 0.321 e. The third-order valence-electron chi connectivity index (χ3n) is 2.65. The molecule has 0 saturated carbocycles. The van der Waals surface area contributed by atoms with E-state index in [1.54, 1.807) is 5.10 Å². The Morgan fingerprint density at radius 3 is 2.27 bits per heavy atom. The van der Waals surface area contributed by atoms with Gasteiger partial charge in [0.1, 0.15) is 0 Å². The summed E-state index contributed by atoms with van der Waals surface area (Å²) in [6, 6.07) is 3.95. The number of alkyl halides is 6. The molecule has 1 aromatic heterocycles. The van der Waals surface area contributed by atoms with Crippen LogP contribution in [-0.2, 0) is 12.4 Å². The molecule has 22 heavy (non-hydrogen) atoms. The third kappa shape index (κ3) is 3.21. The number of carbonyl (C=O) groups is 1. The molecule has 0 radical (unpaired) electrons. The number of benzene rings is 1. The van der Waals surface area contributed by atoms with Crippen LogP contribution in [0.4, 0.5) is 32.0 Å². The number of rotatable bonds is 2. The molecule has 4 nitrogen and oxygen atoms in total. The van der Waals surface area contributed by atoms with Gasteiger partial charge < -0.3 is 5.32 Å². The van der Waals surface area contributed by atoms with Crippen LogP contribution >= 0.6 is 0 Å². The Kier molecular flexibility index (Phi) is 3.86. The minimum atomic E-state index is -4.88. The molecular formula is C12H7F6N3O. The number of aromatic nitrogens is 2. The van der Waals surface area contributed by atoms with E-state index in [4.69, 9.17) is 0 Å². The second kappa shape index (κ2) is 5.35. The molecule has 0 aliphatic heterocycles. The first-order valence-electron chi connectivity index (χ1n) is 5.69. The number of hydrogen-bond acceptors (Lipinski definition) is 2. The number of nitrogens with zero attached hydrogens (tertiary/aromatic N) is 1. The van der Waals surface area contributed by atoms with E-state index >= 15 is 0 Å². The van der Waals surface area contributed by atoms with E-state index in [0.717, 1.165) is 12.1 Å². The van der Waals surface area contributed by atoms with Crippen molar-refractivity contribution in [3.8, 4) is 0 Å². The summed E-state index contributed by atoms with van der Waals surface area (Å²) in [7, 11) is 0. The number of aromatic amines is 1. The molecule has 1 amide bonds. The summed E-state index contributed by atoms with van der Waals surface area (Å²) < 4.78 is 76.1. The number of carbonyl (C=O) groups excluding carboxylic acids is 1. The van der Waals surface area contributed by atoms with Crippen molar-refractivity contribution < 1.29 is 31.1 Å². The topological polar surface area (TPSA) is 57.8 Å². The molecular weight excluding hydrogens is 316 g/mol. The Hall–Kier alpha value is -2.52. The molecule has 10 heteroatoms. The molecule has 118 valence electrons. The van der Waals surface area contributed by atoms with Crippen LogP contribution in [0.15, 0.2) is 30.5 Å². The lowest BCUT2D eigenvalue weighted by molar-refractivity contribution is -0.141. The zero-order chi connectivity index (χ0) is 16.5. The molecule has 1 heterocycles. The fourth-order valence-corrected chi connectivity index (χ4v) is 1.70. The summed E-state index contributed by atoms with van der Waals surface area (Å²) in [6.45, 7) is 0. The molecule has 0 aliphatic carbocycles. The van der Waals surface area contributed by atoms with E-state index < -0.39 is 40.8 Å². The van der Waals surface area contributed by atoms with Gasteiger partial charge in [0.2, 0.25) is 0 Å². The summed E-state index contributed by atoms with van der Waals surface area (Å²) >= 11 is 0. The minimum Gasteiger partial charge on any atom is -0.321 e. The van der Waals surface area contributed by atoms with Gasteiger partial charge in [0.05, 0.1) is 23.0 Å². The normalized spacial score (nSPS) is 12.3. The maximum atomic E-state index is 12.8. The van der Waals surface area contributed by atoms with E-state index in [-0.39, 0.29) is 0 Å². The maximum absolute atomic E-state index is 12.8. The summed E-state index contributed by atoms with van der Waals surface area (Å²) in [6.07, 6.45) is -9.05. The van der Waals surface area contributed by atoms with Crippen molar-refractivity contribution in [3.63, 3.8) is 0 Å². The highest BCUT2D eigenvalue weighted by atomic mass is 19.4. The van der Waals surface area contributed by atoms with Crippen LogP contribution in [0.1, 0.15) is 21.6 Å². The van der Waals surface area contributed by atoms with Gasteiger partial charge in [-0.05, 0) is 12.1 Å². The lowest BCUT2D eigenvalue weighted by Gasteiger charge is -2.13. The predicted octanol–water partition coefficient (Wildman–Crippen LogP) is 3.70. The molecule has 0 bridgehead atoms. The highest BCUT2D eigenvalue weighted by Gasteiger charge is 2.38. The third-order valence-corrected chi connectivity index (χ3v) is 2.65. The van der Waals surface area contributed by atoms with Gasteiger partial charge in [0.15, 0.2) is 5.69 Å². The maximum Gasteiger partial charge on any atom is 0.433 e. The van der Waals surface area contributed by atoms with Crippen molar-refractivity contribution >= 4 is 11.6 Å². The van der Waals surface area contributed by atoms with Gasteiger partial charge in [0.25, 0.3) is 5.91 Å². The molecule has 0 aliphatic rings. The summed E-state index contributed by atoms with van der Waals surface area (Å²) in [5, 5.41) is 6.51. The summed E-state index contributed by atoms with van der Waals surface area (Å²) in [5.41, 5.74) is -4.14. The largest absolute Gasteiger partial charge is 0.433 e. The number of H-pyrrole nitrogens is 1. The van der Waals surface area contributed by atoms with Crippen LogP contribution in [0.5, 0.6) is 0 Å². The van der Waals surface area contributed by atoms with Gasteiger partial charge in [0, 0.05) is 0 Å². The molecule has 0 spiro atoms. The quantitative estimate of drug-likeness (QED) is 0.828. The number of nitrogens with one attached hydrogen (secondary N) is 2. The molecule has 0 saturated heterocycles. The fraction of sp³-hybridized carbons (Fsp3) is 0.167. The van der Waals surface area contributed by atoms with Gasteiger partial charge in [-0.1, -0.05) is 12.1 Å². The van der Waals surface area contributed by atoms with Crippen LogP contribution in [0.25, 0.3) is 0 Å². The van der Waals surface area contributed by atoms with Crippen molar-refractivity contribution in [2.45, 2.75) is 12.4 Å². The lowest BCUT2D eigenvalue weighted by atomic mass is 10.1. The highest BCUT2D eigenvalue weighted by Crippen LogP contribution is 2.35. The summed E-state index contributed by atoms with van der Waals surface area (Å²) in [4.78, 5) is 11.8. The van der Waals surface area contributed by atoms with Crippen molar-refractivity contribution in [2.75, 3.05) is 5.32 Å². The molecule has 2 N–H and O–H groups in total. The molecule has 2 rings (SSSR count). The molecule has 1 aromatic carbocycles. The fourth-order valence-electron chi connectivity index (χ4n) is 1.70. The zero-order valence-corrected chi connectivity index (χ0v) is 10.5. The Bertz CT molecular complexity index is 689. The highest BCUT2D eigenvalue weighted by molar-refractivity contribution is 6.05. The Morgan fingerprint density at radius 1 is 1.05 bits per heavy atom. The van der Waals surface area contributed by atoms with E-state index in [2.05, 4.69) is 5.10 Å². The average molecular weight is 323 g/mol. The average Bonchev–Trinajstić information content (AvgIpc) is 2.87. The van der Waals surface area contributed by atoms with Crippen LogP contribution < -0.4 is 5.32 Å². The molecule has 0 fully saturated rings. The van der Waals surface area contributed by atoms with Gasteiger partial charge in [-0.2, -0.15) is 31.4 Å². The van der Waals surface area contributed by atoms with Gasteiger partial charge in [-0.15, -0.1) is 0 Å². The first-order chi connectivity index (χ1) is 10.1. The van der Waals surface area contributed by atoms with Crippen molar-refractivity contribution in [1.29, 1.82) is 0 Å². The standard InChI is InChI=1S/C12H7F6N3O/c13-11(14,15)7-3-1-2-4-8(7)20-10(22)6-5-19-21-9(6)12(16,17)18/h1-5H,(H,19,21)(H,20,22). The number of halogens is 6. The van der Waals surface area contributed by atoms with Crippen molar-refractivity contribution in [3.05, 3.63) is 47.3 Å². The first-order valence-corrected chi connectivity index (χ1v) is 5.69. The van der Waals surface area contributed by atoms with Gasteiger partial charge in [-0.25, -0.2) is 0 Å². The molecule has 0 atom stereocenters. The van der Waals surface area contributed by atoms with Crippen LogP contribution in [0, 0.1) is 0 Å². The van der Waals surface area contributed by atoms with E-state index in [1.165, 1.54) is 6.07 Å². The Labute approximate surface area is 119 Å². The van der Waals surface area contributed by atoms with E-state index in [0.29, 0.717) is 12.3 Å². The number of anilines is 1. The molecule has 2 aromatic rings. The number of amides is 1. The van der Waals surface area contributed by atoms with Gasteiger partial charge >= 0.3 is 12.4 Å². The minimum absolute atomic E-state index is 0.592. The lowest BCUT2D eigenvalue weighted by Crippen LogP contribution is -2.20. The van der Waals surface area contributed by atoms with Crippen LogP contribution in [-0.4, -0.2) is 16.1 Å². The van der Waals surface area contributed by atoms with Gasteiger partial charge in [-0.3, -0.25) is 9.89 Å². The van der Waals surface area contributed by atoms with Crippen LogP contribution in [0.2, 0.25) is 0 Å². The van der Waals surface area contributed by atoms with E-state index in [9.17, 15) is 31.1 Å². The predicted molar refractivity (Wildman–Crippen MR) is 63.0 cm³/mol. The zero-order valence-electron chi connectivity index (χ0n) is 10.5. The second-order valence-corrected chi connectivity index (χ2v) is 4.15. The number of para-hydroxylation sites is 1. The first kappa shape index (κ1) is 15.9. The Morgan fingerprint density at radius 2 is 1.68 bits per heavy atom. The van der Waals surface area contributed by atoms with Crippen molar-refractivity contribution in [2.24, 2.45) is 0 Å². The SMILES string of the molecule is O=C(Nc1ccccc1C(F)(F)F)c1cn[nH]c1C(F)(F)F.